The number of rotatable bonds is 8. The van der Waals surface area contributed by atoms with Gasteiger partial charge in [0, 0.05) is 29.4 Å². The summed E-state index contributed by atoms with van der Waals surface area (Å²) < 4.78 is 5.83. The number of thioether (sulfide) groups is 1. The number of halogens is 1. The predicted molar refractivity (Wildman–Crippen MR) is 143 cm³/mol. The number of carbonyl (C=O) groups is 1. The number of amidine groups is 1. The summed E-state index contributed by atoms with van der Waals surface area (Å²) in [6.07, 6.45) is 1.85. The Hall–Kier alpha value is -3.22. The van der Waals surface area contributed by atoms with Gasteiger partial charge in [-0.15, -0.1) is 0 Å². The highest BCUT2D eigenvalue weighted by molar-refractivity contribution is 8.18. The molecule has 1 N–H and O–H groups in total. The maximum atomic E-state index is 12.4. The Kier molecular flexibility index (Phi) is 7.93. The third-order valence-corrected chi connectivity index (χ3v) is 6.67. The largest absolute Gasteiger partial charge is 0.489 e. The lowest BCUT2D eigenvalue weighted by atomic mass is 10.2. The van der Waals surface area contributed by atoms with Crippen molar-refractivity contribution < 1.29 is 9.53 Å². The fourth-order valence-electron chi connectivity index (χ4n) is 3.51. The van der Waals surface area contributed by atoms with E-state index in [2.05, 4.69) is 41.2 Å². The summed E-state index contributed by atoms with van der Waals surface area (Å²) in [5, 5.41) is 4.11. The molecule has 1 aliphatic rings. The van der Waals surface area contributed by atoms with Gasteiger partial charge >= 0.3 is 0 Å². The summed E-state index contributed by atoms with van der Waals surface area (Å²) in [6.45, 7) is 6.58. The van der Waals surface area contributed by atoms with E-state index in [-0.39, 0.29) is 5.91 Å². The minimum Gasteiger partial charge on any atom is -0.489 e. The number of anilines is 1. The predicted octanol–water partition coefficient (Wildman–Crippen LogP) is 6.66. The van der Waals surface area contributed by atoms with Gasteiger partial charge < -0.3 is 15.0 Å². The first kappa shape index (κ1) is 23.9. The summed E-state index contributed by atoms with van der Waals surface area (Å²) >= 11 is 7.51. The van der Waals surface area contributed by atoms with Crippen LogP contribution in [0.1, 0.15) is 25.0 Å². The topological polar surface area (TPSA) is 53.9 Å². The SMILES string of the molecule is CCN(CC)c1ccc(N=C2NC(=O)/C(=C/c3ccc(OCc4ccccc4Cl)cc3)S2)cc1. The smallest absolute Gasteiger partial charge is 0.264 e. The van der Waals surface area contributed by atoms with Crippen molar-refractivity contribution in [2.24, 2.45) is 4.99 Å². The average molecular weight is 492 g/mol. The molecule has 5 nitrogen and oxygen atoms in total. The van der Waals surface area contributed by atoms with Crippen LogP contribution in [-0.2, 0) is 11.4 Å². The van der Waals surface area contributed by atoms with Crippen LogP contribution in [0, 0.1) is 0 Å². The van der Waals surface area contributed by atoms with Crippen molar-refractivity contribution in [1.82, 2.24) is 5.32 Å². The van der Waals surface area contributed by atoms with Gasteiger partial charge in [0.15, 0.2) is 5.17 Å². The van der Waals surface area contributed by atoms with Crippen LogP contribution in [0.2, 0.25) is 5.02 Å². The highest BCUT2D eigenvalue weighted by Gasteiger charge is 2.23. The third kappa shape index (κ3) is 6.01. The highest BCUT2D eigenvalue weighted by Crippen LogP contribution is 2.29. The first-order valence-electron chi connectivity index (χ1n) is 11.2. The summed E-state index contributed by atoms with van der Waals surface area (Å²) in [5.41, 5.74) is 3.81. The normalized spacial score (nSPS) is 15.6. The number of hydrogen-bond acceptors (Lipinski definition) is 5. The van der Waals surface area contributed by atoms with Gasteiger partial charge in [0.25, 0.3) is 5.91 Å². The Balaban J connectivity index is 1.39. The lowest BCUT2D eigenvalue weighted by Crippen LogP contribution is -2.21. The van der Waals surface area contributed by atoms with E-state index in [1.54, 1.807) is 0 Å². The maximum absolute atomic E-state index is 12.4. The van der Waals surface area contributed by atoms with Crippen molar-refractivity contribution in [1.29, 1.82) is 0 Å². The van der Waals surface area contributed by atoms with Gasteiger partial charge in [-0.1, -0.05) is 41.9 Å². The second-order valence-corrected chi connectivity index (χ2v) is 9.06. The number of ether oxygens (including phenoxy) is 1. The van der Waals surface area contributed by atoms with Crippen molar-refractivity contribution in [3.63, 3.8) is 0 Å². The van der Waals surface area contributed by atoms with Crippen LogP contribution in [0.5, 0.6) is 5.75 Å². The van der Waals surface area contributed by atoms with Crippen molar-refractivity contribution in [3.8, 4) is 5.75 Å². The molecule has 1 aliphatic heterocycles. The Morgan fingerprint density at radius 3 is 2.38 bits per heavy atom. The number of hydrogen-bond donors (Lipinski definition) is 1. The molecule has 0 unspecified atom stereocenters. The van der Waals surface area contributed by atoms with E-state index in [0.29, 0.717) is 21.7 Å². The molecular weight excluding hydrogens is 466 g/mol. The average Bonchev–Trinajstić information content (AvgIpc) is 3.19. The van der Waals surface area contributed by atoms with Crippen LogP contribution in [0.25, 0.3) is 6.08 Å². The second kappa shape index (κ2) is 11.3. The summed E-state index contributed by atoms with van der Waals surface area (Å²) in [4.78, 5) is 19.9. The van der Waals surface area contributed by atoms with E-state index in [4.69, 9.17) is 16.3 Å². The molecule has 0 spiro atoms. The van der Waals surface area contributed by atoms with E-state index < -0.39 is 0 Å². The highest BCUT2D eigenvalue weighted by atomic mass is 35.5. The monoisotopic (exact) mass is 491 g/mol. The molecule has 0 radical (unpaired) electrons. The summed E-state index contributed by atoms with van der Waals surface area (Å²) in [7, 11) is 0. The molecule has 0 bridgehead atoms. The Labute approximate surface area is 209 Å². The maximum Gasteiger partial charge on any atom is 0.264 e. The molecule has 0 aromatic heterocycles. The lowest BCUT2D eigenvalue weighted by Gasteiger charge is -2.20. The fraction of sp³-hybridized carbons (Fsp3) is 0.185. The van der Waals surface area contributed by atoms with Crippen LogP contribution in [0.3, 0.4) is 0 Å². The fourth-order valence-corrected chi connectivity index (χ4v) is 4.54. The van der Waals surface area contributed by atoms with Crippen LogP contribution < -0.4 is 15.0 Å². The lowest BCUT2D eigenvalue weighted by molar-refractivity contribution is -0.115. The number of nitrogens with zero attached hydrogens (tertiary/aromatic N) is 2. The van der Waals surface area contributed by atoms with Crippen LogP contribution in [-0.4, -0.2) is 24.2 Å². The van der Waals surface area contributed by atoms with Crippen LogP contribution in [0.15, 0.2) is 82.7 Å². The molecule has 0 saturated carbocycles. The van der Waals surface area contributed by atoms with Gasteiger partial charge in [-0.05, 0) is 79.7 Å². The van der Waals surface area contributed by atoms with Gasteiger partial charge in [-0.2, -0.15) is 0 Å². The molecule has 3 aromatic carbocycles. The Morgan fingerprint density at radius 1 is 1.00 bits per heavy atom. The van der Waals surface area contributed by atoms with Crippen molar-refractivity contribution in [3.05, 3.63) is 93.9 Å². The molecule has 3 aromatic rings. The van der Waals surface area contributed by atoms with Crippen molar-refractivity contribution >= 4 is 51.9 Å². The van der Waals surface area contributed by atoms with E-state index >= 15 is 0 Å². The molecule has 1 amide bonds. The zero-order valence-electron chi connectivity index (χ0n) is 19.1. The first-order valence-corrected chi connectivity index (χ1v) is 12.4. The zero-order chi connectivity index (χ0) is 23.9. The van der Waals surface area contributed by atoms with Gasteiger partial charge in [-0.3, -0.25) is 4.79 Å². The van der Waals surface area contributed by atoms with Gasteiger partial charge in [0.1, 0.15) is 12.4 Å². The third-order valence-electron chi connectivity index (χ3n) is 5.39. The second-order valence-electron chi connectivity index (χ2n) is 7.62. The first-order chi connectivity index (χ1) is 16.6. The summed E-state index contributed by atoms with van der Waals surface area (Å²) in [5.74, 6) is 0.587. The van der Waals surface area contributed by atoms with Gasteiger partial charge in [0.05, 0.1) is 10.6 Å². The molecule has 4 rings (SSSR count). The molecule has 1 saturated heterocycles. The zero-order valence-corrected chi connectivity index (χ0v) is 20.7. The molecule has 1 heterocycles. The van der Waals surface area contributed by atoms with Gasteiger partial charge in [-0.25, -0.2) is 4.99 Å². The molecule has 7 heteroatoms. The van der Waals surface area contributed by atoms with Crippen molar-refractivity contribution in [2.75, 3.05) is 18.0 Å². The number of nitrogens with one attached hydrogen (secondary N) is 1. The molecule has 174 valence electrons. The minimum absolute atomic E-state index is 0.150. The molecule has 0 aliphatic carbocycles. The van der Waals surface area contributed by atoms with Crippen LogP contribution in [0.4, 0.5) is 11.4 Å². The molecule has 1 fully saturated rings. The molecule has 0 atom stereocenters. The molecular formula is C27H26ClN3O2S. The molecule has 34 heavy (non-hydrogen) atoms. The number of carbonyl (C=O) groups excluding carboxylic acids is 1. The minimum atomic E-state index is -0.150. The van der Waals surface area contributed by atoms with E-state index in [1.807, 2.05) is 66.7 Å². The van der Waals surface area contributed by atoms with E-state index in [1.165, 1.54) is 11.8 Å². The van der Waals surface area contributed by atoms with E-state index in [9.17, 15) is 4.79 Å². The Bertz CT molecular complexity index is 1200. The van der Waals surface area contributed by atoms with Crippen molar-refractivity contribution in [2.45, 2.75) is 20.5 Å². The van der Waals surface area contributed by atoms with Crippen LogP contribution >= 0.6 is 23.4 Å². The number of aliphatic imine (C=N–C) groups is 1. The Morgan fingerprint density at radius 2 is 1.71 bits per heavy atom. The standard InChI is InChI=1S/C27H26ClN3O2S/c1-3-31(4-2)22-13-11-21(12-14-22)29-27-30-26(32)25(34-27)17-19-9-15-23(16-10-19)33-18-20-7-5-6-8-24(20)28/h5-17H,3-4,18H2,1-2H3,(H,29,30,32)/b25-17-. The van der Waals surface area contributed by atoms with Gasteiger partial charge in [0.2, 0.25) is 0 Å². The quantitative estimate of drug-likeness (QED) is 0.358. The number of benzene rings is 3. The summed E-state index contributed by atoms with van der Waals surface area (Å²) in [6, 6.07) is 23.3. The van der Waals surface area contributed by atoms with E-state index in [0.717, 1.165) is 41.3 Å². The number of amides is 1.